The summed E-state index contributed by atoms with van der Waals surface area (Å²) < 4.78 is 10.9. The summed E-state index contributed by atoms with van der Waals surface area (Å²) in [6, 6.07) is 0.607. The maximum atomic E-state index is 5.64. The van der Waals surface area contributed by atoms with E-state index in [1.807, 2.05) is 0 Å². The summed E-state index contributed by atoms with van der Waals surface area (Å²) in [5, 5.41) is 0. The van der Waals surface area contributed by atoms with E-state index in [1.165, 1.54) is 0 Å². The number of ether oxygens (including phenoxy) is 2. The number of nitrogens with zero attached hydrogens (tertiary/aromatic N) is 1. The minimum atomic E-state index is 0.196. The van der Waals surface area contributed by atoms with E-state index in [4.69, 9.17) is 9.47 Å². The van der Waals surface area contributed by atoms with E-state index < -0.39 is 0 Å². The lowest BCUT2D eigenvalue weighted by Crippen LogP contribution is -2.49. The third-order valence-corrected chi connectivity index (χ3v) is 2.75. The zero-order chi connectivity index (χ0) is 9.84. The third-order valence-electron chi connectivity index (χ3n) is 2.75. The monoisotopic (exact) mass is 187 g/mol. The maximum absolute atomic E-state index is 5.64. The molecular formula is C10H21NO2. The highest BCUT2D eigenvalue weighted by atomic mass is 16.5. The quantitative estimate of drug-likeness (QED) is 0.661. The molecule has 1 aliphatic rings. The van der Waals surface area contributed by atoms with Gasteiger partial charge in [-0.15, -0.1) is 0 Å². The number of morpholine rings is 1. The molecule has 13 heavy (non-hydrogen) atoms. The van der Waals surface area contributed by atoms with Crippen LogP contribution in [0.1, 0.15) is 20.8 Å². The van der Waals surface area contributed by atoms with E-state index in [1.54, 1.807) is 7.11 Å². The highest BCUT2D eigenvalue weighted by Crippen LogP contribution is 2.12. The fourth-order valence-electron chi connectivity index (χ4n) is 1.60. The molecule has 1 heterocycles. The summed E-state index contributed by atoms with van der Waals surface area (Å²) >= 11 is 0. The minimum absolute atomic E-state index is 0.196. The molecule has 0 aliphatic carbocycles. The lowest BCUT2D eigenvalue weighted by Gasteiger charge is -2.37. The van der Waals surface area contributed by atoms with Gasteiger partial charge in [-0.25, -0.2) is 0 Å². The summed E-state index contributed by atoms with van der Waals surface area (Å²) in [5.41, 5.74) is 0. The second-order valence-electron chi connectivity index (χ2n) is 3.94. The summed E-state index contributed by atoms with van der Waals surface area (Å²) in [4.78, 5) is 2.43. The molecule has 2 atom stereocenters. The van der Waals surface area contributed by atoms with Gasteiger partial charge in [-0.1, -0.05) is 0 Å². The van der Waals surface area contributed by atoms with Crippen LogP contribution in [0.25, 0.3) is 0 Å². The van der Waals surface area contributed by atoms with E-state index in [0.29, 0.717) is 6.04 Å². The average Bonchev–Trinajstić information content (AvgIpc) is 2.17. The maximum Gasteiger partial charge on any atom is 0.0960 e. The number of rotatable bonds is 3. The van der Waals surface area contributed by atoms with Crippen LogP contribution in [0.4, 0.5) is 0 Å². The van der Waals surface area contributed by atoms with Crippen molar-refractivity contribution in [1.29, 1.82) is 0 Å². The van der Waals surface area contributed by atoms with E-state index in [-0.39, 0.29) is 12.2 Å². The summed E-state index contributed by atoms with van der Waals surface area (Å²) in [6.45, 7) is 9.38. The van der Waals surface area contributed by atoms with Crippen molar-refractivity contribution in [2.45, 2.75) is 39.0 Å². The first-order valence-corrected chi connectivity index (χ1v) is 5.03. The van der Waals surface area contributed by atoms with Crippen LogP contribution in [0.2, 0.25) is 0 Å². The number of hydrogen-bond donors (Lipinski definition) is 0. The van der Waals surface area contributed by atoms with Crippen molar-refractivity contribution in [3.63, 3.8) is 0 Å². The molecule has 0 bridgehead atoms. The van der Waals surface area contributed by atoms with Gasteiger partial charge in [0, 0.05) is 26.2 Å². The molecule has 78 valence electrons. The van der Waals surface area contributed by atoms with Gasteiger partial charge in [-0.2, -0.15) is 0 Å². The third kappa shape index (κ3) is 2.93. The molecule has 1 aliphatic heterocycles. The van der Waals surface area contributed by atoms with E-state index in [0.717, 1.165) is 19.7 Å². The molecule has 1 fully saturated rings. The molecule has 0 aromatic heterocycles. The molecule has 0 saturated carbocycles. The van der Waals surface area contributed by atoms with Gasteiger partial charge in [0.2, 0.25) is 0 Å². The van der Waals surface area contributed by atoms with Gasteiger partial charge in [-0.3, -0.25) is 4.90 Å². The van der Waals surface area contributed by atoms with Gasteiger partial charge in [0.25, 0.3) is 0 Å². The van der Waals surface area contributed by atoms with Crippen molar-refractivity contribution in [3.8, 4) is 0 Å². The van der Waals surface area contributed by atoms with Gasteiger partial charge in [-0.05, 0) is 20.8 Å². The Morgan fingerprint density at radius 3 is 2.62 bits per heavy atom. The molecule has 0 amide bonds. The molecule has 0 spiro atoms. The largest absolute Gasteiger partial charge is 0.379 e. The first kappa shape index (κ1) is 11.0. The molecule has 3 heteroatoms. The van der Waals surface area contributed by atoms with E-state index >= 15 is 0 Å². The van der Waals surface area contributed by atoms with Crippen molar-refractivity contribution in [2.75, 3.05) is 26.8 Å². The van der Waals surface area contributed by atoms with Crippen LogP contribution in [0.5, 0.6) is 0 Å². The lowest BCUT2D eigenvalue weighted by molar-refractivity contribution is -0.0998. The van der Waals surface area contributed by atoms with Crippen LogP contribution in [-0.4, -0.2) is 50.0 Å². The second-order valence-corrected chi connectivity index (χ2v) is 3.94. The Kier molecular flexibility index (Phi) is 4.16. The van der Waals surface area contributed by atoms with E-state index in [2.05, 4.69) is 25.7 Å². The van der Waals surface area contributed by atoms with Crippen LogP contribution in [0, 0.1) is 0 Å². The van der Waals surface area contributed by atoms with Crippen molar-refractivity contribution >= 4 is 0 Å². The predicted octanol–water partition coefficient (Wildman–Crippen LogP) is 1.13. The van der Waals surface area contributed by atoms with Crippen LogP contribution in [0.15, 0.2) is 0 Å². The van der Waals surface area contributed by atoms with Crippen molar-refractivity contribution in [1.82, 2.24) is 4.90 Å². The Hall–Kier alpha value is -0.120. The Bertz CT molecular complexity index is 150. The number of methoxy groups -OCH3 is 1. The summed E-state index contributed by atoms with van der Waals surface area (Å²) in [6.07, 6.45) is 0.433. The van der Waals surface area contributed by atoms with Gasteiger partial charge >= 0.3 is 0 Å². The highest BCUT2D eigenvalue weighted by molar-refractivity contribution is 4.77. The topological polar surface area (TPSA) is 21.7 Å². The van der Waals surface area contributed by atoms with Crippen LogP contribution >= 0.6 is 0 Å². The number of hydrogen-bond acceptors (Lipinski definition) is 3. The predicted molar refractivity (Wildman–Crippen MR) is 52.9 cm³/mol. The lowest BCUT2D eigenvalue weighted by atomic mass is 10.1. The summed E-state index contributed by atoms with van der Waals surface area (Å²) in [7, 11) is 1.74. The molecule has 0 N–H and O–H groups in total. The van der Waals surface area contributed by atoms with Crippen molar-refractivity contribution in [3.05, 3.63) is 0 Å². The second kappa shape index (κ2) is 4.94. The fourth-order valence-corrected chi connectivity index (χ4v) is 1.60. The van der Waals surface area contributed by atoms with Gasteiger partial charge < -0.3 is 9.47 Å². The summed E-state index contributed by atoms with van der Waals surface area (Å²) in [5.74, 6) is 0. The smallest absolute Gasteiger partial charge is 0.0960 e. The van der Waals surface area contributed by atoms with Crippen LogP contribution in [0.3, 0.4) is 0 Å². The SMILES string of the molecule is CO[C@@H](C)[C@H]1CN(C(C)C)CCO1. The van der Waals surface area contributed by atoms with Gasteiger partial charge in [0.1, 0.15) is 0 Å². The molecule has 0 aromatic carbocycles. The Labute approximate surface area is 81.0 Å². The molecule has 1 saturated heterocycles. The molecule has 0 unspecified atom stereocenters. The molecule has 3 nitrogen and oxygen atoms in total. The van der Waals surface area contributed by atoms with E-state index in [9.17, 15) is 0 Å². The minimum Gasteiger partial charge on any atom is -0.379 e. The standard InChI is InChI=1S/C10H21NO2/c1-8(2)11-5-6-13-10(7-11)9(3)12-4/h8-10H,5-7H2,1-4H3/t9-,10+/m0/s1. The van der Waals surface area contributed by atoms with Crippen molar-refractivity contribution < 1.29 is 9.47 Å². The fraction of sp³-hybridized carbons (Fsp3) is 1.00. The van der Waals surface area contributed by atoms with Gasteiger partial charge in [0.05, 0.1) is 18.8 Å². The Morgan fingerprint density at radius 1 is 1.38 bits per heavy atom. The Balaban J connectivity index is 2.41. The first-order valence-electron chi connectivity index (χ1n) is 5.03. The van der Waals surface area contributed by atoms with Crippen molar-refractivity contribution in [2.24, 2.45) is 0 Å². The average molecular weight is 187 g/mol. The zero-order valence-electron chi connectivity index (χ0n) is 9.12. The molecule has 1 rings (SSSR count). The first-order chi connectivity index (χ1) is 6.15. The van der Waals surface area contributed by atoms with Crippen LogP contribution < -0.4 is 0 Å². The normalized spacial score (nSPS) is 27.9. The highest BCUT2D eigenvalue weighted by Gasteiger charge is 2.26. The molecule has 0 aromatic rings. The van der Waals surface area contributed by atoms with Crippen LogP contribution in [-0.2, 0) is 9.47 Å². The molecular weight excluding hydrogens is 166 g/mol. The Morgan fingerprint density at radius 2 is 2.08 bits per heavy atom. The molecule has 0 radical (unpaired) electrons. The van der Waals surface area contributed by atoms with Gasteiger partial charge in [0.15, 0.2) is 0 Å². The zero-order valence-corrected chi connectivity index (χ0v) is 9.12.